The molecule has 0 saturated heterocycles. The smallest absolute Gasteiger partial charge is 0.422 e. The fourth-order valence-corrected chi connectivity index (χ4v) is 2.11. The number of urea groups is 1. The number of carbonyl (C=O) groups is 1. The molecule has 1 rings (SSSR count). The van der Waals surface area contributed by atoms with E-state index in [4.69, 9.17) is 5.11 Å². The van der Waals surface area contributed by atoms with Crippen LogP contribution in [0.1, 0.15) is 26.2 Å². The van der Waals surface area contributed by atoms with Gasteiger partial charge in [-0.3, -0.25) is 0 Å². The molecule has 1 unspecified atom stereocenters. The monoisotopic (exact) mass is 340 g/mol. The molecule has 0 aromatic heterocycles. The average Bonchev–Trinajstić information content (AvgIpc) is 2.42. The molecule has 1 saturated carbocycles. The Morgan fingerprint density at radius 2 is 2.00 bits per heavy atom. The zero-order valence-corrected chi connectivity index (χ0v) is 12.9. The molecule has 6 nitrogen and oxygen atoms in total. The van der Waals surface area contributed by atoms with Crippen molar-refractivity contribution in [1.29, 1.82) is 0 Å². The zero-order chi connectivity index (χ0) is 17.5. The minimum Gasteiger partial charge on any atom is -0.502 e. The highest BCUT2D eigenvalue weighted by Crippen LogP contribution is 2.31. The van der Waals surface area contributed by atoms with Gasteiger partial charge >= 0.3 is 12.2 Å². The Kier molecular flexibility index (Phi) is 7.14. The van der Waals surface area contributed by atoms with E-state index in [9.17, 15) is 23.1 Å². The van der Waals surface area contributed by atoms with E-state index in [1.807, 2.05) is 5.32 Å². The van der Waals surface area contributed by atoms with Gasteiger partial charge in [0.15, 0.2) is 5.60 Å². The second kappa shape index (κ2) is 8.39. The highest BCUT2D eigenvalue weighted by atomic mass is 19.4. The number of ether oxygens (including phenoxy) is 1. The fourth-order valence-electron chi connectivity index (χ4n) is 2.11. The van der Waals surface area contributed by atoms with Crippen molar-refractivity contribution in [3.05, 3.63) is 12.3 Å². The van der Waals surface area contributed by atoms with Crippen LogP contribution in [-0.2, 0) is 4.74 Å². The van der Waals surface area contributed by atoms with Gasteiger partial charge < -0.3 is 25.6 Å². The summed E-state index contributed by atoms with van der Waals surface area (Å²) in [4.78, 5) is 11.5. The minimum atomic E-state index is -4.95. The molecule has 1 aliphatic rings. The van der Waals surface area contributed by atoms with E-state index < -0.39 is 24.4 Å². The van der Waals surface area contributed by atoms with Crippen LogP contribution >= 0.6 is 0 Å². The van der Waals surface area contributed by atoms with Gasteiger partial charge in [-0.2, -0.15) is 13.2 Å². The molecule has 0 bridgehead atoms. The number of rotatable bonds is 8. The van der Waals surface area contributed by atoms with Crippen LogP contribution in [0.5, 0.6) is 0 Å². The van der Waals surface area contributed by atoms with E-state index in [-0.39, 0.29) is 12.7 Å². The van der Waals surface area contributed by atoms with Crippen LogP contribution in [0, 0.1) is 5.92 Å². The second-order valence-corrected chi connectivity index (χ2v) is 5.57. The van der Waals surface area contributed by atoms with Crippen molar-refractivity contribution in [1.82, 2.24) is 10.6 Å². The molecule has 1 aliphatic carbocycles. The molecule has 0 aromatic rings. The molecule has 2 amide bonds. The maximum absolute atomic E-state index is 12.9. The van der Waals surface area contributed by atoms with Crippen molar-refractivity contribution in [2.45, 2.75) is 44.1 Å². The molecule has 0 heterocycles. The summed E-state index contributed by atoms with van der Waals surface area (Å²) in [5, 5.41) is 23.2. The Balaban J connectivity index is 2.36. The SMILES string of the molecule is CCOC=CC(O)(CNC(=O)NCCC1CC(O)C1)C(F)(F)F. The van der Waals surface area contributed by atoms with Crippen molar-refractivity contribution in [3.63, 3.8) is 0 Å². The van der Waals surface area contributed by atoms with Crippen LogP contribution in [0.2, 0.25) is 0 Å². The number of alkyl halides is 3. The first-order chi connectivity index (χ1) is 10.7. The number of halogens is 3. The predicted octanol–water partition coefficient (Wildman–Crippen LogP) is 1.29. The molecule has 4 N–H and O–H groups in total. The van der Waals surface area contributed by atoms with Gasteiger partial charge in [0, 0.05) is 6.54 Å². The summed E-state index contributed by atoms with van der Waals surface area (Å²) in [6.45, 7) is 1.02. The summed E-state index contributed by atoms with van der Waals surface area (Å²) in [7, 11) is 0. The number of hydrogen-bond acceptors (Lipinski definition) is 4. The summed E-state index contributed by atoms with van der Waals surface area (Å²) in [6.07, 6.45) is -2.00. The van der Waals surface area contributed by atoms with Crippen LogP contribution in [-0.4, -0.2) is 53.8 Å². The summed E-state index contributed by atoms with van der Waals surface area (Å²) >= 11 is 0. The van der Waals surface area contributed by atoms with E-state index >= 15 is 0 Å². The molecular formula is C14H23F3N2O4. The predicted molar refractivity (Wildman–Crippen MR) is 76.5 cm³/mol. The number of amides is 2. The van der Waals surface area contributed by atoms with E-state index in [0.29, 0.717) is 37.8 Å². The van der Waals surface area contributed by atoms with Gasteiger partial charge in [-0.05, 0) is 38.2 Å². The van der Waals surface area contributed by atoms with Crippen molar-refractivity contribution in [3.8, 4) is 0 Å². The summed E-state index contributed by atoms with van der Waals surface area (Å²) in [5.41, 5.74) is -3.20. The van der Waals surface area contributed by atoms with Crippen molar-refractivity contribution in [2.24, 2.45) is 5.92 Å². The number of hydrogen-bond donors (Lipinski definition) is 4. The maximum Gasteiger partial charge on any atom is 0.422 e. The molecule has 9 heteroatoms. The first-order valence-electron chi connectivity index (χ1n) is 7.46. The Morgan fingerprint density at radius 1 is 1.35 bits per heavy atom. The largest absolute Gasteiger partial charge is 0.502 e. The lowest BCUT2D eigenvalue weighted by Crippen LogP contribution is -2.53. The summed E-state index contributed by atoms with van der Waals surface area (Å²) in [5.74, 6) is 0.325. The fraction of sp³-hybridized carbons (Fsp3) is 0.786. The van der Waals surface area contributed by atoms with E-state index in [2.05, 4.69) is 10.1 Å². The molecule has 1 fully saturated rings. The van der Waals surface area contributed by atoms with Crippen LogP contribution in [0.4, 0.5) is 18.0 Å². The van der Waals surface area contributed by atoms with Crippen LogP contribution < -0.4 is 10.6 Å². The lowest BCUT2D eigenvalue weighted by atomic mass is 9.80. The molecule has 0 aliphatic heterocycles. The third kappa shape index (κ3) is 6.26. The standard InChI is InChI=1S/C14H23F3N2O4/c1-2-23-6-4-13(22,14(15,16)17)9-19-12(21)18-5-3-10-7-11(20)8-10/h4,6,10-11,20,22H,2-3,5,7-9H2,1H3,(H2,18,19,21). The Bertz CT molecular complexity index is 411. The van der Waals surface area contributed by atoms with Crippen LogP contribution in [0.25, 0.3) is 0 Å². The van der Waals surface area contributed by atoms with Gasteiger partial charge in [-0.25, -0.2) is 4.79 Å². The van der Waals surface area contributed by atoms with Crippen molar-refractivity contribution < 1.29 is 32.9 Å². The van der Waals surface area contributed by atoms with Crippen LogP contribution in [0.3, 0.4) is 0 Å². The van der Waals surface area contributed by atoms with E-state index in [0.717, 1.165) is 6.26 Å². The van der Waals surface area contributed by atoms with Gasteiger partial charge in [0.25, 0.3) is 0 Å². The molecule has 0 radical (unpaired) electrons. The number of nitrogens with one attached hydrogen (secondary N) is 2. The summed E-state index contributed by atoms with van der Waals surface area (Å²) in [6, 6.07) is -0.794. The number of carbonyl (C=O) groups excluding carboxylic acids is 1. The lowest BCUT2D eigenvalue weighted by Gasteiger charge is -2.31. The van der Waals surface area contributed by atoms with Gasteiger partial charge in [0.05, 0.1) is 25.5 Å². The second-order valence-electron chi connectivity index (χ2n) is 5.57. The Morgan fingerprint density at radius 3 is 2.52 bits per heavy atom. The quantitative estimate of drug-likeness (QED) is 0.501. The third-order valence-electron chi connectivity index (χ3n) is 3.66. The average molecular weight is 340 g/mol. The van der Waals surface area contributed by atoms with Gasteiger partial charge in [0.2, 0.25) is 0 Å². The number of aliphatic hydroxyl groups excluding tert-OH is 1. The molecule has 0 aromatic carbocycles. The topological polar surface area (TPSA) is 90.8 Å². The highest BCUT2D eigenvalue weighted by molar-refractivity contribution is 5.73. The summed E-state index contributed by atoms with van der Waals surface area (Å²) < 4.78 is 43.3. The first-order valence-corrected chi connectivity index (χ1v) is 7.46. The van der Waals surface area contributed by atoms with Gasteiger partial charge in [-0.1, -0.05) is 0 Å². The first kappa shape index (κ1) is 19.6. The van der Waals surface area contributed by atoms with Crippen molar-refractivity contribution >= 4 is 6.03 Å². The third-order valence-corrected chi connectivity index (χ3v) is 3.66. The normalized spacial score (nSPS) is 23.9. The maximum atomic E-state index is 12.9. The zero-order valence-electron chi connectivity index (χ0n) is 12.9. The highest BCUT2D eigenvalue weighted by Gasteiger charge is 2.52. The molecule has 134 valence electrons. The lowest BCUT2D eigenvalue weighted by molar-refractivity contribution is -0.237. The van der Waals surface area contributed by atoms with E-state index in [1.54, 1.807) is 6.92 Å². The van der Waals surface area contributed by atoms with Gasteiger partial charge in [0.1, 0.15) is 0 Å². The van der Waals surface area contributed by atoms with E-state index in [1.165, 1.54) is 0 Å². The minimum absolute atomic E-state index is 0.161. The molecule has 1 atom stereocenters. The van der Waals surface area contributed by atoms with Crippen LogP contribution in [0.15, 0.2) is 12.3 Å². The number of aliphatic hydroxyl groups is 2. The molecule has 0 spiro atoms. The van der Waals surface area contributed by atoms with Crippen molar-refractivity contribution in [2.75, 3.05) is 19.7 Å². The molecular weight excluding hydrogens is 317 g/mol. The Labute approximate surface area is 132 Å². The molecule has 23 heavy (non-hydrogen) atoms. The van der Waals surface area contributed by atoms with Gasteiger partial charge in [-0.15, -0.1) is 0 Å². The Hall–Kier alpha value is -1.48.